The van der Waals surface area contributed by atoms with Crippen LogP contribution in [0.4, 0.5) is 0 Å². The molecular weight excluding hydrogens is 464 g/mol. The van der Waals surface area contributed by atoms with Gasteiger partial charge in [0.1, 0.15) is 0 Å². The molecular formula is C30H48N4O3. The van der Waals surface area contributed by atoms with Gasteiger partial charge in [0.05, 0.1) is 12.0 Å². The second-order valence-corrected chi connectivity index (χ2v) is 9.16. The highest BCUT2D eigenvalue weighted by molar-refractivity contribution is 5.97. The van der Waals surface area contributed by atoms with E-state index in [2.05, 4.69) is 39.1 Å². The number of allylic oxidation sites excluding steroid dienone is 7. The van der Waals surface area contributed by atoms with Crippen molar-refractivity contribution in [2.75, 3.05) is 19.6 Å². The van der Waals surface area contributed by atoms with Crippen molar-refractivity contribution in [2.24, 2.45) is 22.7 Å². The van der Waals surface area contributed by atoms with Crippen molar-refractivity contribution in [1.82, 2.24) is 9.80 Å². The van der Waals surface area contributed by atoms with Crippen LogP contribution in [-0.2, 0) is 9.59 Å². The molecule has 0 radical (unpaired) electrons. The standard InChI is InChI=1S/C28H44N4O3.C2H4/c1-5-6-7-8-9-11-19-31(22-33)27(30-35)26(21-23(2)3)32(20-12-10-18-29)28(34)25-15-13-14-24(4)16-17-25;1-2/h6-9,13-17,22-23,25-26,35H,5,10-12,18-21,29H2,1-4H3;1-2H2/b7-6-,9-8-,30-27-;. The molecule has 0 aromatic carbocycles. The van der Waals surface area contributed by atoms with Crippen LogP contribution in [0.2, 0.25) is 0 Å². The molecule has 2 amide bonds. The maximum atomic E-state index is 13.8. The van der Waals surface area contributed by atoms with Crippen LogP contribution in [0.15, 0.2) is 78.6 Å². The predicted molar refractivity (Wildman–Crippen MR) is 155 cm³/mol. The summed E-state index contributed by atoms with van der Waals surface area (Å²) in [6.07, 6.45) is 21.8. The first-order valence-electron chi connectivity index (χ1n) is 13.2. The highest BCUT2D eigenvalue weighted by Gasteiger charge is 2.34. The molecule has 7 nitrogen and oxygen atoms in total. The van der Waals surface area contributed by atoms with Gasteiger partial charge in [-0.05, 0) is 51.5 Å². The molecule has 0 spiro atoms. The summed E-state index contributed by atoms with van der Waals surface area (Å²) in [6.45, 7) is 15.5. The molecule has 0 saturated carbocycles. The minimum atomic E-state index is -0.543. The van der Waals surface area contributed by atoms with Crippen molar-refractivity contribution in [2.45, 2.75) is 65.8 Å². The Labute approximate surface area is 224 Å². The number of oxime groups is 1. The lowest BCUT2D eigenvalue weighted by Crippen LogP contribution is -2.53. The number of hydrogen-bond donors (Lipinski definition) is 2. The number of hydrogen-bond acceptors (Lipinski definition) is 5. The van der Waals surface area contributed by atoms with E-state index in [0.29, 0.717) is 38.9 Å². The largest absolute Gasteiger partial charge is 0.409 e. The van der Waals surface area contributed by atoms with Gasteiger partial charge in [-0.2, -0.15) is 0 Å². The third-order valence-electron chi connectivity index (χ3n) is 5.71. The summed E-state index contributed by atoms with van der Waals surface area (Å²) in [7, 11) is 0. The maximum Gasteiger partial charge on any atom is 0.233 e. The molecule has 1 aliphatic carbocycles. The molecule has 0 saturated heterocycles. The Morgan fingerprint density at radius 1 is 1.19 bits per heavy atom. The van der Waals surface area contributed by atoms with Gasteiger partial charge in [0.25, 0.3) is 0 Å². The van der Waals surface area contributed by atoms with Crippen molar-refractivity contribution in [1.29, 1.82) is 0 Å². The van der Waals surface area contributed by atoms with Crippen molar-refractivity contribution in [3.63, 3.8) is 0 Å². The number of amidine groups is 1. The zero-order valence-corrected chi connectivity index (χ0v) is 23.3. The fourth-order valence-corrected chi connectivity index (χ4v) is 3.86. The topological polar surface area (TPSA) is 99.2 Å². The molecule has 0 bridgehead atoms. The third-order valence-corrected chi connectivity index (χ3v) is 5.71. The molecule has 0 heterocycles. The number of unbranched alkanes of at least 4 members (excludes halogenated alkanes) is 1. The molecule has 2 unspecified atom stereocenters. The molecule has 37 heavy (non-hydrogen) atoms. The minimum Gasteiger partial charge on any atom is -0.409 e. The summed E-state index contributed by atoms with van der Waals surface area (Å²) in [5.41, 5.74) is 6.78. The Balaban J connectivity index is 0.00000631. The summed E-state index contributed by atoms with van der Waals surface area (Å²) in [5, 5.41) is 13.6. The van der Waals surface area contributed by atoms with Crippen LogP contribution in [0.5, 0.6) is 0 Å². The Morgan fingerprint density at radius 2 is 1.89 bits per heavy atom. The van der Waals surface area contributed by atoms with Gasteiger partial charge in [0, 0.05) is 13.1 Å². The van der Waals surface area contributed by atoms with E-state index in [9.17, 15) is 14.8 Å². The number of rotatable bonds is 15. The van der Waals surface area contributed by atoms with E-state index in [0.717, 1.165) is 24.8 Å². The molecule has 2 atom stereocenters. The maximum absolute atomic E-state index is 13.8. The van der Waals surface area contributed by atoms with Gasteiger partial charge in [-0.15, -0.1) is 13.2 Å². The van der Waals surface area contributed by atoms with Crippen molar-refractivity contribution in [3.05, 3.63) is 73.4 Å². The molecule has 206 valence electrons. The Morgan fingerprint density at radius 3 is 2.49 bits per heavy atom. The first-order chi connectivity index (χ1) is 17.9. The summed E-state index contributed by atoms with van der Waals surface area (Å²) in [6, 6.07) is -0.543. The molecule has 3 N–H and O–H groups in total. The lowest BCUT2D eigenvalue weighted by molar-refractivity contribution is -0.134. The lowest BCUT2D eigenvalue weighted by atomic mass is 9.97. The molecule has 0 aliphatic heterocycles. The fourth-order valence-electron chi connectivity index (χ4n) is 3.86. The second kappa shape index (κ2) is 20.9. The van der Waals surface area contributed by atoms with Crippen LogP contribution in [0.25, 0.3) is 0 Å². The average molecular weight is 513 g/mol. The van der Waals surface area contributed by atoms with E-state index < -0.39 is 12.0 Å². The van der Waals surface area contributed by atoms with Crippen molar-refractivity contribution >= 4 is 18.2 Å². The summed E-state index contributed by atoms with van der Waals surface area (Å²) >= 11 is 0. The van der Waals surface area contributed by atoms with Crippen molar-refractivity contribution < 1.29 is 14.8 Å². The first kappa shape index (κ1) is 33.8. The van der Waals surface area contributed by atoms with E-state index in [-0.39, 0.29) is 17.7 Å². The zero-order valence-electron chi connectivity index (χ0n) is 23.3. The second-order valence-electron chi connectivity index (χ2n) is 9.16. The van der Waals surface area contributed by atoms with E-state index in [1.165, 1.54) is 4.90 Å². The van der Waals surface area contributed by atoms with Crippen LogP contribution in [0, 0.1) is 11.8 Å². The Hall–Kier alpha value is -3.19. The van der Waals surface area contributed by atoms with E-state index >= 15 is 0 Å². The van der Waals surface area contributed by atoms with Gasteiger partial charge < -0.3 is 15.8 Å². The van der Waals surface area contributed by atoms with Gasteiger partial charge in [-0.3, -0.25) is 14.5 Å². The van der Waals surface area contributed by atoms with Gasteiger partial charge in [0.15, 0.2) is 5.84 Å². The zero-order chi connectivity index (χ0) is 28.1. The quantitative estimate of drug-likeness (QED) is 0.0435. The van der Waals surface area contributed by atoms with Gasteiger partial charge in [-0.1, -0.05) is 86.2 Å². The van der Waals surface area contributed by atoms with Crippen LogP contribution in [0.3, 0.4) is 0 Å². The molecule has 1 rings (SSSR count). The van der Waals surface area contributed by atoms with Crippen LogP contribution >= 0.6 is 0 Å². The Kier molecular flexibility index (Phi) is 19.1. The molecule has 0 aromatic heterocycles. The highest BCUT2D eigenvalue weighted by atomic mass is 16.4. The van der Waals surface area contributed by atoms with Gasteiger partial charge in [-0.25, -0.2) is 0 Å². The number of nitrogens with zero attached hydrogens (tertiary/aromatic N) is 3. The minimum absolute atomic E-state index is 0.0835. The first-order valence-corrected chi connectivity index (χ1v) is 13.2. The van der Waals surface area contributed by atoms with E-state index in [1.54, 1.807) is 4.90 Å². The lowest BCUT2D eigenvalue weighted by Gasteiger charge is -2.37. The molecule has 7 heteroatoms. The number of carbonyl (C=O) groups excluding carboxylic acids is 2. The van der Waals surface area contributed by atoms with Crippen molar-refractivity contribution in [3.8, 4) is 0 Å². The number of amides is 2. The SMILES string of the molecule is C=C.CC/C=C\C=C/CCN(C=O)/C(=N\O)C(CC(C)C)N(CCCCN)C(=O)C1C=CC=C(C)C=C1. The molecule has 0 aromatic rings. The molecule has 1 aliphatic rings. The van der Waals surface area contributed by atoms with Gasteiger partial charge in [0.2, 0.25) is 12.3 Å². The monoisotopic (exact) mass is 512 g/mol. The van der Waals surface area contributed by atoms with Crippen LogP contribution in [0.1, 0.15) is 59.8 Å². The summed E-state index contributed by atoms with van der Waals surface area (Å²) < 4.78 is 0. The normalized spacial score (nSPS) is 16.3. The number of nitrogens with two attached hydrogens (primary N) is 1. The molecule has 0 fully saturated rings. The van der Waals surface area contributed by atoms with E-state index in [1.807, 2.05) is 61.6 Å². The Bertz CT molecular complexity index is 840. The number of carbonyl (C=O) groups is 2. The summed E-state index contributed by atoms with van der Waals surface area (Å²) in [4.78, 5) is 29.0. The fraction of sp³-hybridized carbons (Fsp3) is 0.500. The average Bonchev–Trinajstić information content (AvgIpc) is 3.12. The van der Waals surface area contributed by atoms with E-state index in [4.69, 9.17) is 5.73 Å². The highest BCUT2D eigenvalue weighted by Crippen LogP contribution is 2.21. The van der Waals surface area contributed by atoms with Gasteiger partial charge >= 0.3 is 0 Å². The third kappa shape index (κ3) is 13.1. The smallest absolute Gasteiger partial charge is 0.233 e. The van der Waals surface area contributed by atoms with Crippen LogP contribution in [-0.4, -0.2) is 58.8 Å². The van der Waals surface area contributed by atoms with Crippen LogP contribution < -0.4 is 5.73 Å². The predicted octanol–water partition coefficient (Wildman–Crippen LogP) is 5.62. The summed E-state index contributed by atoms with van der Waals surface area (Å²) in [5.74, 6) is -0.115.